The van der Waals surface area contributed by atoms with Crippen LogP contribution < -0.4 is 11.2 Å². The Hall–Kier alpha value is -2.97. The first-order valence-electron chi connectivity index (χ1n) is 7.54. The van der Waals surface area contributed by atoms with E-state index in [1.165, 1.54) is 6.07 Å². The van der Waals surface area contributed by atoms with Gasteiger partial charge in [-0.25, -0.2) is 19.3 Å². The van der Waals surface area contributed by atoms with Gasteiger partial charge in [-0.05, 0) is 36.5 Å². The first-order chi connectivity index (χ1) is 11.9. The number of aromatic amines is 1. The summed E-state index contributed by atoms with van der Waals surface area (Å²) in [6, 6.07) is 4.85. The van der Waals surface area contributed by atoms with Gasteiger partial charge in [0.15, 0.2) is 11.5 Å². The molecule has 9 heteroatoms. The van der Waals surface area contributed by atoms with Crippen molar-refractivity contribution in [3.8, 4) is 5.82 Å². The van der Waals surface area contributed by atoms with Crippen molar-refractivity contribution in [2.45, 2.75) is 24.9 Å². The van der Waals surface area contributed by atoms with Crippen LogP contribution in [0.25, 0.3) is 16.7 Å². The summed E-state index contributed by atoms with van der Waals surface area (Å²) in [7, 11) is 0. The molecule has 25 heavy (non-hydrogen) atoms. The zero-order valence-corrected chi connectivity index (χ0v) is 12.7. The van der Waals surface area contributed by atoms with E-state index in [4.69, 9.17) is 0 Å². The Bertz CT molecular complexity index is 1100. The van der Waals surface area contributed by atoms with Gasteiger partial charge >= 0.3 is 11.9 Å². The first-order valence-corrected chi connectivity index (χ1v) is 7.54. The molecule has 2 heterocycles. The third-order valence-corrected chi connectivity index (χ3v) is 4.14. The highest BCUT2D eigenvalue weighted by molar-refractivity contribution is 5.80. The number of H-pyrrole nitrogens is 1. The lowest BCUT2D eigenvalue weighted by molar-refractivity contribution is -0.141. The molecule has 0 saturated heterocycles. The molecule has 1 aliphatic carbocycles. The van der Waals surface area contributed by atoms with Crippen LogP contribution in [-0.4, -0.2) is 19.5 Å². The van der Waals surface area contributed by atoms with Crippen LogP contribution in [0.2, 0.25) is 0 Å². The normalized spacial score (nSPS) is 14.8. The highest BCUT2D eigenvalue weighted by atomic mass is 19.4. The monoisotopic (exact) mass is 348 g/mol. The number of halogens is 3. The minimum atomic E-state index is -4.79. The number of benzene rings is 1. The number of rotatable bonds is 2. The van der Waals surface area contributed by atoms with Crippen LogP contribution in [0.3, 0.4) is 0 Å². The van der Waals surface area contributed by atoms with E-state index in [2.05, 4.69) is 9.97 Å². The zero-order valence-electron chi connectivity index (χ0n) is 12.7. The molecule has 2 aromatic heterocycles. The average Bonchev–Trinajstić information content (AvgIpc) is 3.39. The Kier molecular flexibility index (Phi) is 3.28. The second-order valence-electron chi connectivity index (χ2n) is 5.87. The number of aromatic nitrogens is 4. The predicted molar refractivity (Wildman–Crippen MR) is 82.7 cm³/mol. The van der Waals surface area contributed by atoms with Crippen LogP contribution in [0.1, 0.15) is 30.0 Å². The summed E-state index contributed by atoms with van der Waals surface area (Å²) in [6.07, 6.45) is -0.880. The number of nitrogens with zero attached hydrogens (tertiary/aromatic N) is 3. The molecule has 128 valence electrons. The SMILES string of the molecule is O=c1[nH]c(=O)n(-c2nccnc2C(F)(F)F)c2cc(C3CC3)ccc12. The maximum absolute atomic E-state index is 13.3. The van der Waals surface area contributed by atoms with Gasteiger partial charge in [-0.1, -0.05) is 6.07 Å². The van der Waals surface area contributed by atoms with Gasteiger partial charge in [0.1, 0.15) is 0 Å². The van der Waals surface area contributed by atoms with Gasteiger partial charge < -0.3 is 0 Å². The summed E-state index contributed by atoms with van der Waals surface area (Å²) >= 11 is 0. The van der Waals surface area contributed by atoms with Crippen molar-refractivity contribution in [2.75, 3.05) is 0 Å². The van der Waals surface area contributed by atoms with Crippen molar-refractivity contribution >= 4 is 10.9 Å². The van der Waals surface area contributed by atoms with E-state index in [1.54, 1.807) is 12.1 Å². The zero-order chi connectivity index (χ0) is 17.8. The molecule has 0 atom stereocenters. The molecule has 0 radical (unpaired) electrons. The van der Waals surface area contributed by atoms with E-state index in [0.29, 0.717) is 5.92 Å². The summed E-state index contributed by atoms with van der Waals surface area (Å²) in [5.74, 6) is -0.356. The maximum Gasteiger partial charge on any atom is 0.437 e. The lowest BCUT2D eigenvalue weighted by atomic mass is 10.1. The minimum absolute atomic E-state index is 0.0872. The fraction of sp³-hybridized carbons (Fsp3) is 0.250. The lowest BCUT2D eigenvalue weighted by Crippen LogP contribution is -2.31. The Morgan fingerprint density at radius 3 is 2.52 bits per heavy atom. The van der Waals surface area contributed by atoms with E-state index < -0.39 is 28.9 Å². The van der Waals surface area contributed by atoms with E-state index in [9.17, 15) is 22.8 Å². The highest BCUT2D eigenvalue weighted by Gasteiger charge is 2.37. The number of hydrogen-bond donors (Lipinski definition) is 1. The van der Waals surface area contributed by atoms with Crippen LogP contribution >= 0.6 is 0 Å². The maximum atomic E-state index is 13.3. The van der Waals surface area contributed by atoms with Crippen molar-refractivity contribution in [1.82, 2.24) is 19.5 Å². The molecule has 6 nitrogen and oxygen atoms in total. The number of alkyl halides is 3. The van der Waals surface area contributed by atoms with Gasteiger partial charge in [-0.3, -0.25) is 9.78 Å². The molecule has 1 aliphatic rings. The third kappa shape index (κ3) is 2.61. The standard InChI is InChI=1S/C16H11F3N4O2/c17-16(18,19)12-13(21-6-5-20-12)23-11-7-9(8-1-2-8)3-4-10(11)14(24)22-15(23)25/h3-8H,1-2H2,(H,22,24,25). The van der Waals surface area contributed by atoms with Crippen LogP contribution in [0, 0.1) is 0 Å². The Balaban J connectivity index is 2.10. The van der Waals surface area contributed by atoms with Crippen molar-refractivity contribution in [3.05, 3.63) is 62.7 Å². The van der Waals surface area contributed by atoms with E-state index in [0.717, 1.165) is 35.4 Å². The summed E-state index contributed by atoms with van der Waals surface area (Å²) < 4.78 is 40.6. The second kappa shape index (κ2) is 5.27. The van der Waals surface area contributed by atoms with Gasteiger partial charge in [0.25, 0.3) is 5.56 Å². The summed E-state index contributed by atoms with van der Waals surface area (Å²) in [5, 5.41) is 0.114. The Morgan fingerprint density at radius 1 is 1.12 bits per heavy atom. The molecular formula is C16H11F3N4O2. The summed E-state index contributed by atoms with van der Waals surface area (Å²) in [6.45, 7) is 0. The van der Waals surface area contributed by atoms with Crippen LogP contribution in [-0.2, 0) is 6.18 Å². The van der Waals surface area contributed by atoms with Gasteiger partial charge in [-0.15, -0.1) is 0 Å². The molecule has 0 amide bonds. The molecule has 1 aromatic carbocycles. The molecule has 3 aromatic rings. The van der Waals surface area contributed by atoms with Crippen molar-refractivity contribution in [1.29, 1.82) is 0 Å². The predicted octanol–water partition coefficient (Wildman–Crippen LogP) is 2.37. The molecule has 1 fully saturated rings. The fourth-order valence-corrected chi connectivity index (χ4v) is 2.83. The smallest absolute Gasteiger partial charge is 0.273 e. The molecule has 1 saturated carbocycles. The quantitative estimate of drug-likeness (QED) is 0.771. The van der Waals surface area contributed by atoms with E-state index in [1.807, 2.05) is 4.98 Å². The fourth-order valence-electron chi connectivity index (χ4n) is 2.83. The van der Waals surface area contributed by atoms with Gasteiger partial charge in [-0.2, -0.15) is 13.2 Å². The summed E-state index contributed by atoms with van der Waals surface area (Å²) in [5.41, 5.74) is -1.97. The van der Waals surface area contributed by atoms with Gasteiger partial charge in [0.05, 0.1) is 10.9 Å². The van der Waals surface area contributed by atoms with Crippen LogP contribution in [0.5, 0.6) is 0 Å². The summed E-state index contributed by atoms with van der Waals surface area (Å²) in [4.78, 5) is 33.4. The average molecular weight is 348 g/mol. The van der Waals surface area contributed by atoms with Gasteiger partial charge in [0, 0.05) is 12.4 Å². The largest absolute Gasteiger partial charge is 0.437 e. The molecule has 4 rings (SSSR count). The first kappa shape index (κ1) is 15.6. The molecule has 0 bridgehead atoms. The molecule has 0 spiro atoms. The lowest BCUT2D eigenvalue weighted by Gasteiger charge is -2.14. The van der Waals surface area contributed by atoms with E-state index in [-0.39, 0.29) is 10.9 Å². The van der Waals surface area contributed by atoms with Gasteiger partial charge in [0.2, 0.25) is 0 Å². The third-order valence-electron chi connectivity index (χ3n) is 4.14. The van der Waals surface area contributed by atoms with Crippen LogP contribution in [0.4, 0.5) is 13.2 Å². The van der Waals surface area contributed by atoms with E-state index >= 15 is 0 Å². The minimum Gasteiger partial charge on any atom is -0.273 e. The second-order valence-corrected chi connectivity index (χ2v) is 5.87. The molecule has 0 aliphatic heterocycles. The molecule has 1 N–H and O–H groups in total. The Labute approximate surface area is 138 Å². The number of nitrogens with one attached hydrogen (secondary N) is 1. The van der Waals surface area contributed by atoms with Crippen molar-refractivity contribution < 1.29 is 13.2 Å². The Morgan fingerprint density at radius 2 is 1.84 bits per heavy atom. The van der Waals surface area contributed by atoms with Crippen LogP contribution in [0.15, 0.2) is 40.2 Å². The molecule has 0 unspecified atom stereocenters. The topological polar surface area (TPSA) is 80.6 Å². The van der Waals surface area contributed by atoms with Crippen molar-refractivity contribution in [2.24, 2.45) is 0 Å². The number of hydrogen-bond acceptors (Lipinski definition) is 4. The molecular weight excluding hydrogens is 337 g/mol. The highest BCUT2D eigenvalue weighted by Crippen LogP contribution is 2.40. The number of fused-ring (bicyclic) bond motifs is 1. The van der Waals surface area contributed by atoms with Crippen molar-refractivity contribution in [3.63, 3.8) is 0 Å².